The molecular formula is C21H20Br2S. The van der Waals surface area contributed by atoms with Crippen molar-refractivity contribution in [1.82, 2.24) is 0 Å². The van der Waals surface area contributed by atoms with Crippen LogP contribution < -0.4 is 0 Å². The number of halogens is 2. The Kier molecular flexibility index (Phi) is 5.24. The van der Waals surface area contributed by atoms with Crippen molar-refractivity contribution in [1.29, 1.82) is 0 Å². The van der Waals surface area contributed by atoms with Crippen LogP contribution in [0.5, 0.6) is 0 Å². The minimum atomic E-state index is -1.33. The van der Waals surface area contributed by atoms with Crippen molar-refractivity contribution in [2.45, 2.75) is 28.5 Å². The van der Waals surface area contributed by atoms with E-state index in [0.29, 0.717) is 0 Å². The van der Waals surface area contributed by atoms with Crippen LogP contribution in [0.15, 0.2) is 90.4 Å². The van der Waals surface area contributed by atoms with Crippen molar-refractivity contribution >= 4 is 41.9 Å². The Morgan fingerprint density at radius 2 is 1.08 bits per heavy atom. The van der Waals surface area contributed by atoms with Gasteiger partial charge in [-0.15, -0.1) is 0 Å². The van der Waals surface area contributed by atoms with Gasteiger partial charge < -0.3 is 0 Å². The van der Waals surface area contributed by atoms with E-state index in [1.807, 2.05) is 0 Å². The van der Waals surface area contributed by atoms with Crippen LogP contribution in [-0.4, -0.2) is 6.26 Å². The fourth-order valence-electron chi connectivity index (χ4n) is 2.98. The molecule has 0 amide bonds. The second-order valence-corrected chi connectivity index (χ2v) is 11.2. The first-order valence-electron chi connectivity index (χ1n) is 7.77. The highest BCUT2D eigenvalue weighted by atomic mass is 79.9. The lowest BCUT2D eigenvalue weighted by atomic mass is 10.2. The van der Waals surface area contributed by atoms with E-state index in [4.69, 9.17) is 0 Å². The summed E-state index contributed by atoms with van der Waals surface area (Å²) in [7, 11) is -1.33. The first kappa shape index (κ1) is 17.8. The summed E-state index contributed by atoms with van der Waals surface area (Å²) >= 11 is 7.37. The first-order valence-corrected chi connectivity index (χ1v) is 11.4. The van der Waals surface area contributed by atoms with Gasteiger partial charge in [0.05, 0.1) is 0 Å². The van der Waals surface area contributed by atoms with Gasteiger partial charge in [0.15, 0.2) is 0 Å². The summed E-state index contributed by atoms with van der Waals surface area (Å²) < 4.78 is 2.28. The van der Waals surface area contributed by atoms with Gasteiger partial charge in [-0.3, -0.25) is 0 Å². The molecule has 0 aliphatic heterocycles. The lowest BCUT2D eigenvalue weighted by Gasteiger charge is -2.38. The van der Waals surface area contributed by atoms with Gasteiger partial charge >= 0.3 is 0 Å². The molecule has 0 spiro atoms. The molecule has 0 fully saturated rings. The highest BCUT2D eigenvalue weighted by Crippen LogP contribution is 2.66. The smallest absolute Gasteiger partial charge is 0.0188 e. The molecule has 0 aliphatic rings. The summed E-state index contributed by atoms with van der Waals surface area (Å²) in [4.78, 5) is 4.12. The Morgan fingerprint density at radius 3 is 1.50 bits per heavy atom. The summed E-state index contributed by atoms with van der Waals surface area (Å²) in [5.41, 5.74) is 2.56. The van der Waals surface area contributed by atoms with E-state index in [1.54, 1.807) is 0 Å². The van der Waals surface area contributed by atoms with Gasteiger partial charge in [-0.05, 0) is 94.4 Å². The lowest BCUT2D eigenvalue weighted by molar-refractivity contribution is 1.24. The van der Waals surface area contributed by atoms with Gasteiger partial charge in [-0.2, -0.15) is 10.0 Å². The molecular weight excluding hydrogens is 444 g/mol. The van der Waals surface area contributed by atoms with Crippen LogP contribution in [0.25, 0.3) is 0 Å². The molecule has 3 heteroatoms. The lowest BCUT2D eigenvalue weighted by Crippen LogP contribution is -2.02. The summed E-state index contributed by atoms with van der Waals surface area (Å²) in [6.45, 7) is 4.32. The van der Waals surface area contributed by atoms with Crippen molar-refractivity contribution in [3.63, 3.8) is 0 Å². The maximum absolute atomic E-state index is 3.68. The molecule has 0 aliphatic carbocycles. The van der Waals surface area contributed by atoms with Crippen LogP contribution in [0.1, 0.15) is 11.1 Å². The third kappa shape index (κ3) is 3.49. The van der Waals surface area contributed by atoms with Gasteiger partial charge in [0.2, 0.25) is 0 Å². The zero-order chi connectivity index (χ0) is 17.3. The number of benzene rings is 3. The molecule has 3 aromatic carbocycles. The van der Waals surface area contributed by atoms with Crippen molar-refractivity contribution < 1.29 is 0 Å². The molecule has 3 aromatic rings. The molecule has 0 aromatic heterocycles. The van der Waals surface area contributed by atoms with Gasteiger partial charge in [0.25, 0.3) is 0 Å². The Hall–Kier alpha value is -1.03. The third-order valence-corrected chi connectivity index (χ3v) is 8.68. The van der Waals surface area contributed by atoms with Crippen LogP contribution in [0.2, 0.25) is 0 Å². The van der Waals surface area contributed by atoms with Gasteiger partial charge in [-0.1, -0.05) is 50.1 Å². The van der Waals surface area contributed by atoms with Gasteiger partial charge in [0, 0.05) is 8.95 Å². The molecule has 0 saturated carbocycles. The van der Waals surface area contributed by atoms with Crippen LogP contribution in [-0.2, 0) is 0 Å². The summed E-state index contributed by atoms with van der Waals surface area (Å²) in [5, 5.41) is 0. The van der Waals surface area contributed by atoms with Crippen molar-refractivity contribution in [2.75, 3.05) is 6.26 Å². The van der Waals surface area contributed by atoms with Crippen molar-refractivity contribution in [2.24, 2.45) is 0 Å². The molecule has 24 heavy (non-hydrogen) atoms. The van der Waals surface area contributed by atoms with E-state index < -0.39 is 10.0 Å². The molecule has 0 atom stereocenters. The van der Waals surface area contributed by atoms with E-state index in [0.717, 1.165) is 8.95 Å². The molecule has 0 N–H and O–H groups in total. The summed E-state index contributed by atoms with van der Waals surface area (Å²) in [6.07, 6.45) is 2.39. The third-order valence-electron chi connectivity index (χ3n) is 4.19. The zero-order valence-electron chi connectivity index (χ0n) is 14.0. The summed E-state index contributed by atoms with van der Waals surface area (Å²) in [6, 6.07) is 24.4. The molecule has 0 bridgehead atoms. The van der Waals surface area contributed by atoms with Crippen LogP contribution in [0.4, 0.5) is 0 Å². The topological polar surface area (TPSA) is 0 Å². The highest BCUT2D eigenvalue weighted by molar-refractivity contribution is 9.10. The minimum absolute atomic E-state index is 1.14. The molecule has 124 valence electrons. The predicted molar refractivity (Wildman–Crippen MR) is 113 cm³/mol. The largest absolute Gasteiger partial charge is 0.163 e. The molecule has 0 unspecified atom stereocenters. The van der Waals surface area contributed by atoms with Crippen molar-refractivity contribution in [3.8, 4) is 0 Å². The molecule has 0 nitrogen and oxygen atoms in total. The zero-order valence-corrected chi connectivity index (χ0v) is 18.0. The van der Waals surface area contributed by atoms with Gasteiger partial charge in [0.1, 0.15) is 0 Å². The SMILES string of the molecule is Cc1cc(Br)cc(S(C)(c2ccccc2)c2cc(C)cc(Br)c2)c1. The van der Waals surface area contributed by atoms with Gasteiger partial charge in [-0.25, -0.2) is 0 Å². The van der Waals surface area contributed by atoms with E-state index in [1.165, 1.54) is 25.8 Å². The van der Waals surface area contributed by atoms with E-state index in [-0.39, 0.29) is 0 Å². The Morgan fingerprint density at radius 1 is 0.625 bits per heavy atom. The number of aryl methyl sites for hydroxylation is 2. The normalized spacial score (nSPS) is 12.2. The maximum Gasteiger partial charge on any atom is 0.0188 e. The average Bonchev–Trinajstić information content (AvgIpc) is 2.53. The molecule has 0 saturated heterocycles. The number of rotatable bonds is 3. The van der Waals surface area contributed by atoms with E-state index in [9.17, 15) is 0 Å². The summed E-state index contributed by atoms with van der Waals surface area (Å²) in [5.74, 6) is 0. The standard InChI is InChI=1S/C21H20Br2S/c1-15-9-17(22)13-20(11-15)24(3,19-7-5-4-6-8-19)21-12-16(2)10-18(23)14-21/h4-14H,1-3H3. The number of hydrogen-bond donors (Lipinski definition) is 0. The fourth-order valence-corrected chi connectivity index (χ4v) is 7.58. The first-order chi connectivity index (χ1) is 11.4. The second-order valence-electron chi connectivity index (χ2n) is 6.16. The molecule has 0 heterocycles. The Balaban J connectivity index is 2.33. The van der Waals surface area contributed by atoms with E-state index >= 15 is 0 Å². The quantitative estimate of drug-likeness (QED) is 0.372. The monoisotopic (exact) mass is 462 g/mol. The van der Waals surface area contributed by atoms with Crippen LogP contribution >= 0.6 is 41.9 Å². The average molecular weight is 464 g/mol. The maximum atomic E-state index is 3.68. The van der Waals surface area contributed by atoms with E-state index in [2.05, 4.69) is 119 Å². The Labute approximate surface area is 162 Å². The van der Waals surface area contributed by atoms with Crippen LogP contribution in [0, 0.1) is 13.8 Å². The molecule has 0 radical (unpaired) electrons. The second kappa shape index (κ2) is 7.07. The number of hydrogen-bond acceptors (Lipinski definition) is 0. The predicted octanol–water partition coefficient (Wildman–Crippen LogP) is 7.74. The minimum Gasteiger partial charge on any atom is -0.163 e. The highest BCUT2D eigenvalue weighted by Gasteiger charge is 2.26. The van der Waals surface area contributed by atoms with Crippen LogP contribution in [0.3, 0.4) is 0 Å². The fraction of sp³-hybridized carbons (Fsp3) is 0.143. The Bertz CT molecular complexity index is 780. The van der Waals surface area contributed by atoms with Crippen molar-refractivity contribution in [3.05, 3.63) is 86.8 Å². The molecule has 3 rings (SSSR count).